The number of nitrogens with one attached hydrogen (secondary N) is 3. The molecule has 4 heterocycles. The van der Waals surface area contributed by atoms with Crippen LogP contribution in [0.3, 0.4) is 0 Å². The molecule has 3 aromatic carbocycles. The summed E-state index contributed by atoms with van der Waals surface area (Å²) in [6, 6.07) is 21.9. The van der Waals surface area contributed by atoms with Gasteiger partial charge in [0.05, 0.1) is 21.7 Å². The number of hydrogen-bond donors (Lipinski definition) is 3. The number of fused-ring (bicyclic) bond motifs is 3. The molecule has 1 unspecified atom stereocenters. The third kappa shape index (κ3) is 4.30. The zero-order valence-electron chi connectivity index (χ0n) is 22.8. The summed E-state index contributed by atoms with van der Waals surface area (Å²) in [5.41, 5.74) is 6.30. The zero-order chi connectivity index (χ0) is 30.0. The molecule has 43 heavy (non-hydrogen) atoms. The lowest BCUT2D eigenvalue weighted by atomic mass is 9.85. The maximum Gasteiger partial charge on any atom is 0.298 e. The first-order chi connectivity index (χ1) is 20.7. The Morgan fingerprint density at radius 1 is 0.977 bits per heavy atom. The van der Waals surface area contributed by atoms with E-state index >= 15 is 0 Å². The van der Waals surface area contributed by atoms with Crippen molar-refractivity contribution in [2.24, 2.45) is 0 Å². The van der Waals surface area contributed by atoms with E-state index in [9.17, 15) is 14.9 Å². The van der Waals surface area contributed by atoms with Crippen molar-refractivity contribution in [3.63, 3.8) is 0 Å². The van der Waals surface area contributed by atoms with Crippen molar-refractivity contribution in [1.82, 2.24) is 24.7 Å². The Morgan fingerprint density at radius 3 is 2.44 bits per heavy atom. The van der Waals surface area contributed by atoms with Crippen molar-refractivity contribution < 1.29 is 14.5 Å². The molecule has 10 nitrogen and oxygen atoms in total. The number of aromatic amines is 3. The van der Waals surface area contributed by atoms with Gasteiger partial charge in [-0.05, 0) is 49.3 Å². The normalized spacial score (nSPS) is 13.8. The van der Waals surface area contributed by atoms with Gasteiger partial charge < -0.3 is 19.7 Å². The second kappa shape index (κ2) is 9.96. The summed E-state index contributed by atoms with van der Waals surface area (Å²) in [6.45, 7) is 3.80. The predicted octanol–water partition coefficient (Wildman–Crippen LogP) is 7.65. The first kappa shape index (κ1) is 26.7. The van der Waals surface area contributed by atoms with Gasteiger partial charge in [-0.1, -0.05) is 66.3 Å². The van der Waals surface area contributed by atoms with Gasteiger partial charge in [-0.3, -0.25) is 14.9 Å². The molecule has 1 aliphatic heterocycles. The molecule has 0 spiro atoms. The van der Waals surface area contributed by atoms with Crippen molar-refractivity contribution in [1.29, 1.82) is 0 Å². The van der Waals surface area contributed by atoms with E-state index in [0.29, 0.717) is 32.7 Å². The van der Waals surface area contributed by atoms with Gasteiger partial charge in [0.15, 0.2) is 4.77 Å². The van der Waals surface area contributed by atoms with E-state index in [1.165, 1.54) is 16.8 Å². The average molecular weight is 607 g/mol. The van der Waals surface area contributed by atoms with Crippen LogP contribution in [-0.4, -0.2) is 35.6 Å². The van der Waals surface area contributed by atoms with Crippen LogP contribution in [0.1, 0.15) is 44.4 Å². The Kier molecular flexibility index (Phi) is 6.18. The van der Waals surface area contributed by atoms with Gasteiger partial charge in [-0.2, -0.15) is 9.78 Å². The molecule has 0 saturated carbocycles. The summed E-state index contributed by atoms with van der Waals surface area (Å²) in [7, 11) is 0. The number of benzene rings is 3. The molecule has 1 aliphatic rings. The van der Waals surface area contributed by atoms with Gasteiger partial charge in [0, 0.05) is 34.5 Å². The first-order valence-electron chi connectivity index (χ1n) is 13.3. The van der Waals surface area contributed by atoms with Gasteiger partial charge in [-0.15, -0.1) is 0 Å². The Morgan fingerprint density at radius 2 is 1.72 bits per heavy atom. The van der Waals surface area contributed by atoms with Crippen molar-refractivity contribution in [3.8, 4) is 22.9 Å². The fourth-order valence-corrected chi connectivity index (χ4v) is 6.32. The van der Waals surface area contributed by atoms with Crippen molar-refractivity contribution in [3.05, 3.63) is 126 Å². The number of nitro groups is 1. The number of ether oxygens (including phenoxy) is 1. The zero-order valence-corrected chi connectivity index (χ0v) is 24.4. The number of nitrogens with zero attached hydrogens (tertiary/aromatic N) is 3. The van der Waals surface area contributed by atoms with E-state index in [-0.39, 0.29) is 22.2 Å². The van der Waals surface area contributed by atoms with Gasteiger partial charge in [0.1, 0.15) is 10.3 Å². The van der Waals surface area contributed by atoms with Crippen molar-refractivity contribution in [2.75, 3.05) is 0 Å². The average Bonchev–Trinajstić information content (AvgIpc) is 3.53. The maximum absolute atomic E-state index is 14.4. The quantitative estimate of drug-likeness (QED) is 0.106. The summed E-state index contributed by atoms with van der Waals surface area (Å²) >= 11 is 11.0. The third-order valence-corrected chi connectivity index (χ3v) is 8.17. The standard InChI is InChI=1S/C31H22N6O4S2/c1-15-8-13-21-20(14-15)23(17-6-4-3-5-7-17)26(32-21)29(38)36-30-22(16(2)35-36)24(18-9-11-19(12-10-18)37(39)40)25-27(41-30)33-31(43)34-28(25)42/h3-14,24,32H,1-2H3,(H2,33,34,42,43). The van der Waals surface area contributed by atoms with Gasteiger partial charge in [0.25, 0.3) is 11.6 Å². The molecule has 3 N–H and O–H groups in total. The fraction of sp³-hybridized carbons (Fsp3) is 0.0968. The largest absolute Gasteiger partial charge is 0.422 e. The molecule has 0 radical (unpaired) electrons. The highest BCUT2D eigenvalue weighted by Crippen LogP contribution is 2.48. The summed E-state index contributed by atoms with van der Waals surface area (Å²) in [6.07, 6.45) is 0. The Labute approximate surface area is 254 Å². The Hall–Kier alpha value is -5.20. The van der Waals surface area contributed by atoms with Crippen molar-refractivity contribution >= 4 is 46.9 Å². The lowest BCUT2D eigenvalue weighted by molar-refractivity contribution is -0.384. The molecule has 12 heteroatoms. The maximum atomic E-state index is 14.4. The first-order valence-corrected chi connectivity index (χ1v) is 14.1. The van der Waals surface area contributed by atoms with Crippen molar-refractivity contribution in [2.45, 2.75) is 19.8 Å². The topological polar surface area (TPSA) is 135 Å². The number of aryl methyl sites for hydroxylation is 2. The second-order valence-electron chi connectivity index (χ2n) is 10.3. The lowest BCUT2D eigenvalue weighted by Gasteiger charge is -2.26. The third-order valence-electron chi connectivity index (χ3n) is 7.64. The number of H-pyrrole nitrogens is 3. The highest BCUT2D eigenvalue weighted by molar-refractivity contribution is 7.72. The molecule has 0 fully saturated rings. The molecule has 0 bridgehead atoms. The number of carbonyl (C=O) groups is 1. The SMILES string of the molecule is Cc1ccc2[nH]c(C(=O)n3nc(C)c4c3Oc3[nH]c(=S)[nH]c(=S)c3C4c3ccc([N+](=O)[O-])cc3)c(-c3ccccc3)c2c1. The van der Waals surface area contributed by atoms with Crippen LogP contribution < -0.4 is 4.74 Å². The van der Waals surface area contributed by atoms with Crippen LogP contribution in [0.15, 0.2) is 72.8 Å². The van der Waals surface area contributed by atoms with Crippen LogP contribution in [0.4, 0.5) is 5.69 Å². The van der Waals surface area contributed by atoms with Crippen LogP contribution in [0.2, 0.25) is 0 Å². The minimum absolute atomic E-state index is 0.0426. The van der Waals surface area contributed by atoms with E-state index in [1.807, 2.05) is 55.5 Å². The summed E-state index contributed by atoms with van der Waals surface area (Å²) in [5.74, 6) is -0.481. The van der Waals surface area contributed by atoms with E-state index in [4.69, 9.17) is 29.2 Å². The molecule has 0 saturated heterocycles. The molecule has 1 atom stereocenters. The number of aromatic nitrogens is 5. The Balaban J connectivity index is 1.45. The molecular weight excluding hydrogens is 585 g/mol. The van der Waals surface area contributed by atoms with Crippen LogP contribution in [-0.2, 0) is 0 Å². The minimum Gasteiger partial charge on any atom is -0.422 e. The van der Waals surface area contributed by atoms with E-state index < -0.39 is 16.7 Å². The molecule has 6 aromatic rings. The second-order valence-corrected chi connectivity index (χ2v) is 11.2. The van der Waals surface area contributed by atoms with Gasteiger partial charge in [-0.25, -0.2) is 0 Å². The number of rotatable bonds is 4. The van der Waals surface area contributed by atoms with Gasteiger partial charge >= 0.3 is 0 Å². The monoisotopic (exact) mass is 606 g/mol. The van der Waals surface area contributed by atoms with Crippen LogP contribution in [0.5, 0.6) is 11.8 Å². The molecule has 0 amide bonds. The summed E-state index contributed by atoms with van der Waals surface area (Å²) in [4.78, 5) is 34.7. The predicted molar refractivity (Wildman–Crippen MR) is 166 cm³/mol. The number of nitro benzene ring substituents is 1. The minimum atomic E-state index is -0.546. The summed E-state index contributed by atoms with van der Waals surface area (Å²) < 4.78 is 8.19. The van der Waals surface area contributed by atoms with Crippen LogP contribution in [0.25, 0.3) is 22.0 Å². The molecule has 3 aromatic heterocycles. The van der Waals surface area contributed by atoms with E-state index in [1.54, 1.807) is 19.1 Å². The summed E-state index contributed by atoms with van der Waals surface area (Å²) in [5, 5.41) is 16.9. The number of hydrogen-bond acceptors (Lipinski definition) is 7. The molecular formula is C31H22N6O4S2. The Bertz CT molecular complexity index is 2230. The molecule has 0 aliphatic carbocycles. The van der Waals surface area contributed by atoms with E-state index in [2.05, 4.69) is 20.1 Å². The number of carbonyl (C=O) groups excluding carboxylic acids is 1. The van der Waals surface area contributed by atoms with Crippen LogP contribution >= 0.6 is 24.4 Å². The fourth-order valence-electron chi connectivity index (χ4n) is 5.74. The molecule has 212 valence electrons. The number of non-ortho nitro benzene ring substituents is 1. The molecule has 7 rings (SSSR count). The lowest BCUT2D eigenvalue weighted by Crippen LogP contribution is -2.20. The van der Waals surface area contributed by atoms with E-state index in [0.717, 1.165) is 27.6 Å². The van der Waals surface area contributed by atoms with Gasteiger partial charge in [0.2, 0.25) is 11.8 Å². The van der Waals surface area contributed by atoms with Crippen LogP contribution in [0, 0.1) is 33.4 Å². The highest BCUT2D eigenvalue weighted by atomic mass is 32.1. The smallest absolute Gasteiger partial charge is 0.298 e. The highest BCUT2D eigenvalue weighted by Gasteiger charge is 2.38.